The second-order valence-electron chi connectivity index (χ2n) is 24.9. The highest BCUT2D eigenvalue weighted by atomic mass is 16.4. The molecule has 0 fully saturated rings. The van der Waals surface area contributed by atoms with Gasteiger partial charge in [0.25, 0.3) is 0 Å². The molecule has 0 radical (unpaired) electrons. The van der Waals surface area contributed by atoms with E-state index in [-0.39, 0.29) is 19.3 Å². The van der Waals surface area contributed by atoms with E-state index in [1.807, 2.05) is 0 Å². The monoisotopic (exact) mass is 1420 g/mol. The molecule has 1 rings (SSSR count). The van der Waals surface area contributed by atoms with Crippen molar-refractivity contribution >= 4 is 107 Å². The van der Waals surface area contributed by atoms with Crippen molar-refractivity contribution in [2.45, 2.75) is 219 Å². The van der Waals surface area contributed by atoms with E-state index in [0.29, 0.717) is 5.56 Å². The van der Waals surface area contributed by atoms with Gasteiger partial charge in [-0.2, -0.15) is 0 Å². The number of rotatable bonds is 47. The minimum atomic E-state index is -2.10. The van der Waals surface area contributed by atoms with E-state index >= 15 is 0 Å². The Balaban J connectivity index is 3.69. The molecular weight excluding hydrogens is 1320 g/mol. The maximum absolute atomic E-state index is 14.4. The zero-order valence-corrected chi connectivity index (χ0v) is 57.6. The van der Waals surface area contributed by atoms with Crippen LogP contribution in [0.15, 0.2) is 30.3 Å². The molecule has 558 valence electrons. The molecule has 0 aromatic heterocycles. The molecule has 100 heavy (non-hydrogen) atoms. The Labute approximate surface area is 576 Å². The number of carboxylic acids is 4. The van der Waals surface area contributed by atoms with Gasteiger partial charge in [0.2, 0.25) is 82.7 Å². The molecule has 37 nitrogen and oxygen atoms in total. The van der Waals surface area contributed by atoms with Gasteiger partial charge in [0.15, 0.2) is 0 Å². The number of nitrogens with two attached hydrogens (primary N) is 2. The third-order valence-corrected chi connectivity index (χ3v) is 15.6. The van der Waals surface area contributed by atoms with Gasteiger partial charge in [-0.15, -0.1) is 0 Å². The zero-order valence-electron chi connectivity index (χ0n) is 57.6. The van der Waals surface area contributed by atoms with Gasteiger partial charge in [0.05, 0.1) is 19.4 Å². The van der Waals surface area contributed by atoms with Crippen LogP contribution in [-0.4, -0.2) is 211 Å². The van der Waals surface area contributed by atoms with E-state index in [9.17, 15) is 112 Å². The second kappa shape index (κ2) is 43.8. The van der Waals surface area contributed by atoms with Crippen molar-refractivity contribution in [3.8, 4) is 0 Å². The second-order valence-corrected chi connectivity index (χ2v) is 24.9. The summed E-state index contributed by atoms with van der Waals surface area (Å²) in [6.07, 6.45) is -6.04. The summed E-state index contributed by atoms with van der Waals surface area (Å²) in [5, 5.41) is 77.1. The average molecular weight is 1420 g/mol. The van der Waals surface area contributed by atoms with Crippen LogP contribution in [0.25, 0.3) is 0 Å². The maximum atomic E-state index is 14.4. The zero-order chi connectivity index (χ0) is 76.4. The van der Waals surface area contributed by atoms with Crippen molar-refractivity contribution in [2.75, 3.05) is 6.61 Å². The number of aliphatic hydroxyl groups is 1. The smallest absolute Gasteiger partial charge is 0.326 e. The largest absolute Gasteiger partial charge is 0.481 e. The molecule has 0 aliphatic heterocycles. The van der Waals surface area contributed by atoms with E-state index in [1.54, 1.807) is 52.8 Å². The molecule has 14 atom stereocenters. The van der Waals surface area contributed by atoms with E-state index in [4.69, 9.17) is 11.5 Å². The van der Waals surface area contributed by atoms with Gasteiger partial charge in [-0.05, 0) is 61.8 Å². The van der Waals surface area contributed by atoms with Gasteiger partial charge in [-0.3, -0.25) is 81.5 Å². The summed E-state index contributed by atoms with van der Waals surface area (Å²) in [6, 6.07) is -12.5. The molecule has 14 amide bonds. The first-order valence-electron chi connectivity index (χ1n) is 32.4. The maximum Gasteiger partial charge on any atom is 0.326 e. The number of amides is 14. The first-order valence-corrected chi connectivity index (χ1v) is 32.4. The summed E-state index contributed by atoms with van der Waals surface area (Å²) in [5.74, 6) is -23.8. The molecule has 21 N–H and O–H groups in total. The summed E-state index contributed by atoms with van der Waals surface area (Å²) in [5.41, 5.74) is 11.2. The van der Waals surface area contributed by atoms with Crippen LogP contribution in [0.3, 0.4) is 0 Å². The molecule has 0 aliphatic carbocycles. The Morgan fingerprint density at radius 3 is 1.16 bits per heavy atom. The van der Waals surface area contributed by atoms with Gasteiger partial charge < -0.3 is 101 Å². The number of hydrogen-bond donors (Lipinski definition) is 19. The summed E-state index contributed by atoms with van der Waals surface area (Å²) in [4.78, 5) is 237. The normalized spacial score (nSPS) is 15.2. The number of benzene rings is 1. The lowest BCUT2D eigenvalue weighted by atomic mass is 9.96. The standard InChI is InChI=1S/C63H98N14O23/c1-11-31(7)50(77-59(95)39(24-29(3)4)70-57(93)41(26-45(65)81)72-54(90)37(19-22-46(82)83)67-52(88)33(9)66-34(10)79)61(97)73-42(27-48(86)87)58(94)74-43(28-78)60(96)71-40(25-35-16-14-13-15-17-35)56(92)69-36(18-21-44(64)80)53(89)68-38(20-23-47(84)85)55(91)76-51(32(8)12-2)62(98)75-49(30(5)6)63(99)100/h13-17,29-33,36-43,49-51,78H,11-12,18-28H2,1-10H3,(H2,64,80)(H2,65,81)(H,66,79)(H,67,88)(H,68,89)(H,69,92)(H,70,93)(H,71,96)(H,72,90)(H,73,97)(H,74,94)(H,75,98)(H,76,91)(H,77,95)(H,82,83)(H,84,85)(H,86,87)(H,99,100). The SMILES string of the molecule is CCC(C)C(NC(=O)C(CC(C)C)NC(=O)C(CC(N)=O)NC(=O)C(CCC(=O)O)NC(=O)C(C)NC(C)=O)C(=O)NC(CC(=O)O)C(=O)NC(CO)C(=O)NC(Cc1ccccc1)C(=O)NC(CCC(N)=O)C(=O)NC(CCC(=O)O)C(=O)NC(C(=O)NC(C(=O)O)C(C)C)C(C)CC. The van der Waals surface area contributed by atoms with Crippen LogP contribution < -0.4 is 75.3 Å². The highest BCUT2D eigenvalue weighted by Gasteiger charge is 2.39. The first kappa shape index (κ1) is 87.7. The topological polar surface area (TPSA) is 605 Å². The van der Waals surface area contributed by atoms with E-state index in [1.165, 1.54) is 39.8 Å². The predicted molar refractivity (Wildman–Crippen MR) is 351 cm³/mol. The molecule has 0 spiro atoms. The van der Waals surface area contributed by atoms with Crippen molar-refractivity contribution in [1.82, 2.24) is 63.8 Å². The fraction of sp³-hybridized carbons (Fsp3) is 0.619. The Morgan fingerprint density at radius 2 is 0.750 bits per heavy atom. The number of nitrogens with one attached hydrogen (secondary N) is 12. The van der Waals surface area contributed by atoms with Crippen LogP contribution in [0.4, 0.5) is 0 Å². The van der Waals surface area contributed by atoms with Crippen molar-refractivity contribution in [1.29, 1.82) is 0 Å². The van der Waals surface area contributed by atoms with Gasteiger partial charge >= 0.3 is 23.9 Å². The molecule has 0 bridgehead atoms. The molecule has 0 aliphatic rings. The van der Waals surface area contributed by atoms with Crippen molar-refractivity contribution in [3.05, 3.63) is 35.9 Å². The van der Waals surface area contributed by atoms with E-state index < -0.39 is 267 Å². The van der Waals surface area contributed by atoms with Gasteiger partial charge in [-0.1, -0.05) is 98.6 Å². The Kier molecular flexibility index (Phi) is 38.4. The third-order valence-electron chi connectivity index (χ3n) is 15.6. The lowest BCUT2D eigenvalue weighted by Crippen LogP contribution is -2.62. The molecule has 37 heteroatoms. The quantitative estimate of drug-likeness (QED) is 0.0292. The van der Waals surface area contributed by atoms with Crippen LogP contribution in [0, 0.1) is 23.7 Å². The minimum absolute atomic E-state index is 0.120. The van der Waals surface area contributed by atoms with Crippen molar-refractivity contribution < 1.29 is 112 Å². The van der Waals surface area contributed by atoms with Crippen LogP contribution in [-0.2, 0) is 92.7 Å². The van der Waals surface area contributed by atoms with Crippen LogP contribution in [0.5, 0.6) is 0 Å². The predicted octanol–water partition coefficient (Wildman–Crippen LogP) is -4.70. The number of aliphatic hydroxyl groups excluding tert-OH is 1. The Bertz CT molecular complexity index is 3080. The number of carbonyl (C=O) groups is 18. The van der Waals surface area contributed by atoms with Gasteiger partial charge in [0.1, 0.15) is 72.5 Å². The number of aliphatic carboxylic acids is 4. The molecule has 1 aromatic rings. The number of primary amides is 2. The van der Waals surface area contributed by atoms with Crippen LogP contribution >= 0.6 is 0 Å². The minimum Gasteiger partial charge on any atom is -0.481 e. The molecule has 0 saturated carbocycles. The lowest BCUT2D eigenvalue weighted by molar-refractivity contribution is -0.144. The Morgan fingerprint density at radius 1 is 0.390 bits per heavy atom. The fourth-order valence-electron chi connectivity index (χ4n) is 9.61. The van der Waals surface area contributed by atoms with Crippen LogP contribution in [0.2, 0.25) is 0 Å². The van der Waals surface area contributed by atoms with E-state index in [2.05, 4.69) is 63.8 Å². The molecule has 1 aromatic carbocycles. The number of hydrogen-bond acceptors (Lipinski definition) is 19. The number of carbonyl (C=O) groups excluding carboxylic acids is 14. The number of carboxylic acid groups (broad SMARTS) is 4. The molecule has 0 heterocycles. The molecular formula is C63H98N14O23. The third kappa shape index (κ3) is 32.3. The van der Waals surface area contributed by atoms with Crippen LogP contribution in [0.1, 0.15) is 145 Å². The first-order chi connectivity index (χ1) is 46.7. The van der Waals surface area contributed by atoms with Crippen molar-refractivity contribution in [3.63, 3.8) is 0 Å². The summed E-state index contributed by atoms with van der Waals surface area (Å²) in [7, 11) is 0. The van der Waals surface area contributed by atoms with Gasteiger partial charge in [0, 0.05) is 32.6 Å². The fourth-order valence-corrected chi connectivity index (χ4v) is 9.61. The average Bonchev–Trinajstić information content (AvgIpc) is 0.858. The van der Waals surface area contributed by atoms with Gasteiger partial charge in [-0.25, -0.2) is 4.79 Å². The highest BCUT2D eigenvalue weighted by Crippen LogP contribution is 2.16. The molecule has 0 saturated heterocycles. The van der Waals surface area contributed by atoms with E-state index in [0.717, 1.165) is 6.92 Å². The summed E-state index contributed by atoms with van der Waals surface area (Å²) in [6.45, 7) is 13.7. The molecule has 14 unspecified atom stereocenters. The summed E-state index contributed by atoms with van der Waals surface area (Å²) >= 11 is 0. The summed E-state index contributed by atoms with van der Waals surface area (Å²) < 4.78 is 0. The lowest BCUT2D eigenvalue weighted by Gasteiger charge is -2.30. The van der Waals surface area contributed by atoms with Crippen molar-refractivity contribution in [2.24, 2.45) is 35.1 Å². The highest BCUT2D eigenvalue weighted by molar-refractivity contribution is 6.01. The Hall–Kier alpha value is -10.4.